The molecule has 1 unspecified atom stereocenters. The summed E-state index contributed by atoms with van der Waals surface area (Å²) in [5.41, 5.74) is 5.54. The molecule has 1 saturated heterocycles. The number of amides is 1. The van der Waals surface area contributed by atoms with Crippen LogP contribution in [0, 0.1) is 5.92 Å². The van der Waals surface area contributed by atoms with E-state index in [4.69, 9.17) is 4.74 Å². The molecular weight excluding hydrogens is 448 g/mol. The number of anilines is 1. The summed E-state index contributed by atoms with van der Waals surface area (Å²) < 4.78 is 6.32. The number of ether oxygens (including phenoxy) is 1. The summed E-state index contributed by atoms with van der Waals surface area (Å²) in [5.74, 6) is 1.42. The highest BCUT2D eigenvalue weighted by Crippen LogP contribution is 2.34. The van der Waals surface area contributed by atoms with Gasteiger partial charge in [0.05, 0.1) is 5.76 Å². The number of carbonyl (C=O) groups is 1. The van der Waals surface area contributed by atoms with Crippen molar-refractivity contribution < 1.29 is 14.6 Å². The fraction of sp³-hybridized carbons (Fsp3) is 0.387. The molecule has 2 aliphatic rings. The largest absolute Gasteiger partial charge is 0.508 e. The predicted octanol–water partition coefficient (Wildman–Crippen LogP) is 6.57. The third-order valence-corrected chi connectivity index (χ3v) is 7.00. The Morgan fingerprint density at radius 3 is 2.64 bits per heavy atom. The van der Waals surface area contributed by atoms with Gasteiger partial charge in [-0.15, -0.1) is 0 Å². The lowest BCUT2D eigenvalue weighted by Crippen LogP contribution is -2.34. The number of benzene rings is 2. The standard InChI is InChI=1S/C31H38N2O3/c1-21(2)8-9-24-19-25(10-13-30(24)34)31(35)32-26-7-5-6-23(20-26)29-12-11-28(18-22(29)3)36-27-14-16-33(4)17-15-27/h5-8,10-13,19-20,22,27,34H,9,14-18H2,1-4H3,(H,32,35). The maximum absolute atomic E-state index is 13.0. The quantitative estimate of drug-likeness (QED) is 0.435. The molecule has 0 saturated carbocycles. The van der Waals surface area contributed by atoms with Crippen LogP contribution in [-0.4, -0.2) is 42.2 Å². The number of carbonyl (C=O) groups excluding carboxylic acids is 1. The highest BCUT2D eigenvalue weighted by atomic mass is 16.5. The number of nitrogens with one attached hydrogen (secondary N) is 1. The van der Waals surface area contributed by atoms with Crippen LogP contribution in [0.4, 0.5) is 5.69 Å². The Hall–Kier alpha value is -3.31. The van der Waals surface area contributed by atoms with Gasteiger partial charge < -0.3 is 20.1 Å². The third kappa shape index (κ3) is 6.67. The summed E-state index contributed by atoms with van der Waals surface area (Å²) in [6.45, 7) is 8.44. The van der Waals surface area contributed by atoms with Crippen molar-refractivity contribution in [3.8, 4) is 5.75 Å². The van der Waals surface area contributed by atoms with Gasteiger partial charge in [0.1, 0.15) is 11.9 Å². The molecule has 1 heterocycles. The molecule has 0 spiro atoms. The summed E-state index contributed by atoms with van der Waals surface area (Å²) >= 11 is 0. The van der Waals surface area contributed by atoms with Crippen molar-refractivity contribution in [2.75, 3.05) is 25.5 Å². The number of allylic oxidation sites excluding steroid dienone is 6. The van der Waals surface area contributed by atoms with Crippen molar-refractivity contribution in [2.45, 2.75) is 52.6 Å². The second-order valence-corrected chi connectivity index (χ2v) is 10.3. The Labute approximate surface area is 215 Å². The molecule has 1 fully saturated rings. The van der Waals surface area contributed by atoms with Gasteiger partial charge in [0.15, 0.2) is 0 Å². The summed E-state index contributed by atoms with van der Waals surface area (Å²) in [6, 6.07) is 13.0. The lowest BCUT2D eigenvalue weighted by atomic mass is 9.87. The number of piperidine rings is 1. The zero-order valence-corrected chi connectivity index (χ0v) is 21.9. The zero-order chi connectivity index (χ0) is 25.7. The van der Waals surface area contributed by atoms with Crippen LogP contribution >= 0.6 is 0 Å². The van der Waals surface area contributed by atoms with Crippen molar-refractivity contribution in [2.24, 2.45) is 5.92 Å². The molecule has 5 heteroatoms. The molecule has 36 heavy (non-hydrogen) atoms. The molecule has 2 aromatic carbocycles. The van der Waals surface area contributed by atoms with E-state index in [-0.39, 0.29) is 11.7 Å². The van der Waals surface area contributed by atoms with Crippen LogP contribution in [0.2, 0.25) is 0 Å². The second kappa shape index (κ2) is 11.6. The summed E-state index contributed by atoms with van der Waals surface area (Å²) in [5, 5.41) is 13.2. The number of hydrogen-bond donors (Lipinski definition) is 2. The van der Waals surface area contributed by atoms with Gasteiger partial charge in [-0.25, -0.2) is 0 Å². The fourth-order valence-electron chi connectivity index (χ4n) is 4.80. The first-order chi connectivity index (χ1) is 17.3. The van der Waals surface area contributed by atoms with Gasteiger partial charge in [-0.05, 0) is 99.2 Å². The third-order valence-electron chi connectivity index (χ3n) is 7.00. The van der Waals surface area contributed by atoms with Crippen molar-refractivity contribution in [1.82, 2.24) is 4.90 Å². The highest BCUT2D eigenvalue weighted by molar-refractivity contribution is 6.04. The SMILES string of the molecule is CC(C)=CCc1cc(C(=O)Nc2cccc(C3=CC=C(OC4CCN(C)CC4)CC3C)c2)ccc1O. The molecule has 0 bridgehead atoms. The van der Waals surface area contributed by atoms with Crippen LogP contribution in [0.5, 0.6) is 5.75 Å². The first kappa shape index (κ1) is 25.8. The Bertz CT molecular complexity index is 1180. The van der Waals surface area contributed by atoms with Gasteiger partial charge in [-0.1, -0.05) is 36.8 Å². The molecule has 1 aliphatic carbocycles. The van der Waals surface area contributed by atoms with E-state index in [0.717, 1.165) is 54.9 Å². The lowest BCUT2D eigenvalue weighted by Gasteiger charge is -2.31. The minimum absolute atomic E-state index is 0.190. The Kier molecular flexibility index (Phi) is 8.32. The van der Waals surface area contributed by atoms with Gasteiger partial charge in [0, 0.05) is 30.8 Å². The Morgan fingerprint density at radius 1 is 1.14 bits per heavy atom. The van der Waals surface area contributed by atoms with E-state index in [0.29, 0.717) is 24.0 Å². The number of hydrogen-bond acceptors (Lipinski definition) is 4. The van der Waals surface area contributed by atoms with Gasteiger partial charge in [-0.3, -0.25) is 4.79 Å². The average Bonchev–Trinajstić information content (AvgIpc) is 2.85. The molecular formula is C31H38N2O3. The van der Waals surface area contributed by atoms with Crippen LogP contribution in [0.25, 0.3) is 5.57 Å². The summed E-state index contributed by atoms with van der Waals surface area (Å²) in [4.78, 5) is 15.3. The average molecular weight is 487 g/mol. The van der Waals surface area contributed by atoms with Crippen LogP contribution < -0.4 is 5.32 Å². The fourth-order valence-corrected chi connectivity index (χ4v) is 4.80. The summed E-state index contributed by atoms with van der Waals surface area (Å²) in [6.07, 6.45) is 10.3. The molecule has 2 N–H and O–H groups in total. The normalized spacial score (nSPS) is 18.7. The predicted molar refractivity (Wildman–Crippen MR) is 147 cm³/mol. The maximum Gasteiger partial charge on any atom is 0.255 e. The van der Waals surface area contributed by atoms with Crippen molar-refractivity contribution in [3.63, 3.8) is 0 Å². The number of phenolic OH excluding ortho intramolecular Hbond substituents is 1. The Morgan fingerprint density at radius 2 is 1.92 bits per heavy atom. The topological polar surface area (TPSA) is 61.8 Å². The molecule has 5 nitrogen and oxygen atoms in total. The van der Waals surface area contributed by atoms with E-state index in [1.54, 1.807) is 18.2 Å². The molecule has 0 aromatic heterocycles. The molecule has 1 atom stereocenters. The van der Waals surface area contributed by atoms with Crippen LogP contribution in [0.15, 0.2) is 72.0 Å². The van der Waals surface area contributed by atoms with E-state index in [1.165, 1.54) is 11.1 Å². The minimum atomic E-state index is -0.190. The molecule has 0 radical (unpaired) electrons. The van der Waals surface area contributed by atoms with E-state index in [2.05, 4.69) is 42.4 Å². The highest BCUT2D eigenvalue weighted by Gasteiger charge is 2.23. The minimum Gasteiger partial charge on any atom is -0.508 e. The summed E-state index contributed by atoms with van der Waals surface area (Å²) in [7, 11) is 2.16. The molecule has 1 amide bonds. The number of nitrogens with zero attached hydrogens (tertiary/aromatic N) is 1. The van der Waals surface area contributed by atoms with E-state index in [9.17, 15) is 9.90 Å². The molecule has 4 rings (SSSR count). The van der Waals surface area contributed by atoms with Gasteiger partial charge in [-0.2, -0.15) is 0 Å². The van der Waals surface area contributed by atoms with Crippen LogP contribution in [-0.2, 0) is 11.2 Å². The van der Waals surface area contributed by atoms with Crippen LogP contribution in [0.1, 0.15) is 61.5 Å². The first-order valence-electron chi connectivity index (χ1n) is 12.9. The smallest absolute Gasteiger partial charge is 0.255 e. The molecule has 1 aliphatic heterocycles. The van der Waals surface area contributed by atoms with Crippen molar-refractivity contribution in [1.29, 1.82) is 0 Å². The van der Waals surface area contributed by atoms with Crippen LogP contribution in [0.3, 0.4) is 0 Å². The number of rotatable bonds is 7. The maximum atomic E-state index is 13.0. The van der Waals surface area contributed by atoms with Crippen molar-refractivity contribution in [3.05, 3.63) is 88.7 Å². The lowest BCUT2D eigenvalue weighted by molar-refractivity contribution is 0.0520. The number of likely N-dealkylation sites (tertiary alicyclic amines) is 1. The molecule has 2 aromatic rings. The van der Waals surface area contributed by atoms with Gasteiger partial charge in [0.25, 0.3) is 5.91 Å². The van der Waals surface area contributed by atoms with Gasteiger partial charge >= 0.3 is 0 Å². The number of aromatic hydroxyl groups is 1. The number of phenols is 1. The first-order valence-corrected chi connectivity index (χ1v) is 12.9. The van der Waals surface area contributed by atoms with E-state index >= 15 is 0 Å². The molecule has 190 valence electrons. The Balaban J connectivity index is 1.44. The second-order valence-electron chi connectivity index (χ2n) is 10.3. The van der Waals surface area contributed by atoms with Crippen molar-refractivity contribution >= 4 is 17.2 Å². The monoisotopic (exact) mass is 486 g/mol. The van der Waals surface area contributed by atoms with E-state index < -0.39 is 0 Å². The van der Waals surface area contributed by atoms with Gasteiger partial charge in [0.2, 0.25) is 0 Å². The van der Waals surface area contributed by atoms with E-state index in [1.807, 2.05) is 38.1 Å². The zero-order valence-electron chi connectivity index (χ0n) is 21.9.